The molecule has 4 aromatic rings. The molecule has 0 fully saturated rings. The van der Waals surface area contributed by atoms with Gasteiger partial charge in [-0.1, -0.05) is 47.5 Å². The topological polar surface area (TPSA) is 63.1 Å². The smallest absolute Gasteiger partial charge is 0.155 e. The summed E-state index contributed by atoms with van der Waals surface area (Å²) in [5, 5.41) is 8.36. The van der Waals surface area contributed by atoms with Crippen molar-refractivity contribution in [3.05, 3.63) is 120 Å². The van der Waals surface area contributed by atoms with Gasteiger partial charge in [-0.2, -0.15) is 0 Å². The first-order chi connectivity index (χ1) is 16.7. The van der Waals surface area contributed by atoms with E-state index in [0.29, 0.717) is 11.4 Å². The molecule has 0 aliphatic rings. The van der Waals surface area contributed by atoms with Crippen molar-refractivity contribution in [3.8, 4) is 22.5 Å². The maximum Gasteiger partial charge on any atom is 0.155 e. The fraction of sp³-hybridized carbons (Fsp3) is 0.0741. The molecule has 4 nitrogen and oxygen atoms in total. The van der Waals surface area contributed by atoms with E-state index < -0.39 is 23.3 Å². The van der Waals surface area contributed by atoms with E-state index in [1.807, 2.05) is 0 Å². The van der Waals surface area contributed by atoms with Crippen molar-refractivity contribution in [1.82, 2.24) is 9.97 Å². The summed E-state index contributed by atoms with van der Waals surface area (Å²) in [5.41, 5.74) is 1.27. The minimum Gasteiger partial charge on any atom is -0.512 e. The summed E-state index contributed by atoms with van der Waals surface area (Å²) in [6, 6.07) is 19.1. The van der Waals surface area contributed by atoms with Crippen LogP contribution in [0.25, 0.3) is 22.5 Å². The van der Waals surface area contributed by atoms with Gasteiger partial charge >= 0.3 is 0 Å². The maximum atomic E-state index is 13.2. The number of carbonyl (C=O) groups excluding carboxylic acids is 1. The van der Waals surface area contributed by atoms with Gasteiger partial charge < -0.3 is 15.1 Å². The molecule has 4 rings (SSSR count). The number of aliphatic hydroxyl groups excluding tert-OH is 1. The van der Waals surface area contributed by atoms with Gasteiger partial charge in [-0.25, -0.2) is 0 Å². The summed E-state index contributed by atoms with van der Waals surface area (Å²) in [7, 11) is 0. The van der Waals surface area contributed by atoms with Gasteiger partial charge in [-0.05, 0) is 37.4 Å². The number of hydrogen-bond acceptors (Lipinski definition) is 4. The van der Waals surface area contributed by atoms with E-state index in [2.05, 4.69) is 22.1 Å². The normalized spacial score (nSPS) is 10.1. The van der Waals surface area contributed by atoms with Gasteiger partial charge in [0.05, 0.1) is 5.76 Å². The van der Waals surface area contributed by atoms with Crippen molar-refractivity contribution in [2.24, 2.45) is 0 Å². The van der Waals surface area contributed by atoms with E-state index in [0.717, 1.165) is 24.3 Å². The minimum absolute atomic E-state index is 0. The third kappa shape index (κ3) is 10.3. The van der Waals surface area contributed by atoms with Crippen LogP contribution in [0.1, 0.15) is 13.8 Å². The van der Waals surface area contributed by atoms with Crippen LogP contribution < -0.4 is 0 Å². The van der Waals surface area contributed by atoms with E-state index in [4.69, 9.17) is 5.11 Å². The third-order valence-electron chi connectivity index (χ3n) is 3.97. The molecule has 0 aliphatic carbocycles. The molecule has 2 heterocycles. The van der Waals surface area contributed by atoms with Crippen molar-refractivity contribution in [2.45, 2.75) is 13.8 Å². The van der Waals surface area contributed by atoms with Crippen molar-refractivity contribution in [2.75, 3.05) is 0 Å². The van der Waals surface area contributed by atoms with Crippen molar-refractivity contribution in [1.29, 1.82) is 0 Å². The second-order valence-corrected chi connectivity index (χ2v) is 6.91. The number of rotatable bonds is 3. The molecule has 0 unspecified atom stereocenters. The SMILES string of the molecule is CC(=O)/C=C(/C)O.Fc1c[c-]c(-c2ccccn2)c(F)c1.Fc1c[c-]c(-c2ccccn2)c(F)c1.[Ir]. The average Bonchev–Trinajstić information content (AvgIpc) is 2.80. The van der Waals surface area contributed by atoms with Crippen LogP contribution in [-0.2, 0) is 24.9 Å². The molecule has 1 N–H and O–H groups in total. The zero-order chi connectivity index (χ0) is 25.8. The van der Waals surface area contributed by atoms with Gasteiger partial charge in [0.1, 0.15) is 0 Å². The van der Waals surface area contributed by atoms with E-state index in [9.17, 15) is 22.4 Å². The number of aromatic nitrogens is 2. The Hall–Kier alpha value is -3.68. The van der Waals surface area contributed by atoms with Crippen LogP contribution in [0.4, 0.5) is 17.6 Å². The first-order valence-electron chi connectivity index (χ1n) is 10.1. The van der Waals surface area contributed by atoms with Crippen LogP contribution in [0, 0.1) is 35.4 Å². The Kier molecular flexibility index (Phi) is 12.9. The van der Waals surface area contributed by atoms with E-state index >= 15 is 0 Å². The molecule has 0 saturated heterocycles. The molecule has 1 radical (unpaired) electrons. The number of ketones is 1. The number of allylic oxidation sites excluding steroid dienone is 2. The summed E-state index contributed by atoms with van der Waals surface area (Å²) >= 11 is 0. The third-order valence-corrected chi connectivity index (χ3v) is 3.97. The monoisotopic (exact) mass is 673 g/mol. The molecule has 0 bridgehead atoms. The fourth-order valence-corrected chi connectivity index (χ4v) is 2.60. The number of nitrogens with zero attached hydrogens (tertiary/aromatic N) is 2. The van der Waals surface area contributed by atoms with Gasteiger partial charge in [0.25, 0.3) is 0 Å². The second-order valence-electron chi connectivity index (χ2n) is 6.91. The van der Waals surface area contributed by atoms with Crippen LogP contribution in [0.3, 0.4) is 0 Å². The Morgan fingerprint density at radius 1 is 0.806 bits per heavy atom. The predicted molar refractivity (Wildman–Crippen MR) is 124 cm³/mol. The molecule has 2 aromatic carbocycles. The zero-order valence-electron chi connectivity index (χ0n) is 19.1. The molecule has 9 heteroatoms. The summed E-state index contributed by atoms with van der Waals surface area (Å²) in [6.07, 6.45) is 4.26. The molecule has 36 heavy (non-hydrogen) atoms. The number of halogens is 4. The van der Waals surface area contributed by atoms with Gasteiger partial charge in [-0.3, -0.25) is 22.4 Å². The van der Waals surface area contributed by atoms with Crippen molar-refractivity contribution >= 4 is 5.78 Å². The van der Waals surface area contributed by atoms with Gasteiger partial charge in [-0.15, -0.1) is 24.3 Å². The van der Waals surface area contributed by atoms with Crippen LogP contribution >= 0.6 is 0 Å². The summed E-state index contributed by atoms with van der Waals surface area (Å²) in [5.74, 6) is -2.63. The summed E-state index contributed by atoms with van der Waals surface area (Å²) in [4.78, 5) is 17.9. The number of aliphatic hydroxyl groups is 1. The standard InChI is InChI=1S/2C11H6F2N.C5H8O2.Ir/c2*12-8-4-5-9(10(13)7-8)11-3-1-2-6-14-11;1-4(6)3-5(2)7;/h2*1-4,6-7H;3,6H,1-2H3;/q2*-1;;/b;;4-3-;. The first-order valence-corrected chi connectivity index (χ1v) is 10.1. The van der Waals surface area contributed by atoms with Gasteiger partial charge in [0.15, 0.2) is 5.78 Å². The van der Waals surface area contributed by atoms with Crippen molar-refractivity contribution < 1.29 is 47.6 Å². The first kappa shape index (κ1) is 30.4. The predicted octanol–water partition coefficient (Wildman–Crippen LogP) is 6.69. The molecule has 0 aliphatic heterocycles. The Labute approximate surface area is 219 Å². The molecule has 2 aromatic heterocycles. The number of hydrogen-bond donors (Lipinski definition) is 1. The van der Waals surface area contributed by atoms with Gasteiger partial charge in [0, 0.05) is 61.8 Å². The van der Waals surface area contributed by atoms with Crippen LogP contribution in [0.2, 0.25) is 0 Å². The van der Waals surface area contributed by atoms with Crippen LogP contribution in [0.5, 0.6) is 0 Å². The Balaban J connectivity index is 0.000000283. The molecule has 0 atom stereocenters. The minimum atomic E-state index is -0.649. The summed E-state index contributed by atoms with van der Waals surface area (Å²) in [6.45, 7) is 2.85. The largest absolute Gasteiger partial charge is 0.512 e. The fourth-order valence-electron chi connectivity index (χ4n) is 2.60. The van der Waals surface area contributed by atoms with Crippen LogP contribution in [-0.4, -0.2) is 20.9 Å². The van der Waals surface area contributed by atoms with E-state index in [-0.39, 0.29) is 42.8 Å². The van der Waals surface area contributed by atoms with Crippen LogP contribution in [0.15, 0.2) is 84.9 Å². The zero-order valence-corrected chi connectivity index (χ0v) is 21.5. The molecule has 0 spiro atoms. The number of pyridine rings is 2. The maximum absolute atomic E-state index is 13.2. The molecular formula is C27H20F4IrN2O2-2. The van der Waals surface area contributed by atoms with E-state index in [1.165, 1.54) is 19.9 Å². The number of carbonyl (C=O) groups is 1. The van der Waals surface area contributed by atoms with Gasteiger partial charge in [0.2, 0.25) is 0 Å². The molecule has 0 saturated carbocycles. The Bertz CT molecular complexity index is 1200. The van der Waals surface area contributed by atoms with Crippen molar-refractivity contribution in [3.63, 3.8) is 0 Å². The Morgan fingerprint density at radius 2 is 1.22 bits per heavy atom. The quantitative estimate of drug-likeness (QED) is 0.114. The number of benzene rings is 2. The molecular weight excluding hydrogens is 653 g/mol. The Morgan fingerprint density at radius 3 is 1.47 bits per heavy atom. The molecule has 189 valence electrons. The second kappa shape index (κ2) is 15.3. The van der Waals surface area contributed by atoms with E-state index in [1.54, 1.807) is 48.8 Å². The average molecular weight is 673 g/mol. The molecule has 0 amide bonds. The summed E-state index contributed by atoms with van der Waals surface area (Å²) < 4.78 is 51.6.